The highest BCUT2D eigenvalue weighted by Crippen LogP contribution is 2.48. The maximum absolute atomic E-state index is 14.0. The van der Waals surface area contributed by atoms with Crippen LogP contribution in [0.2, 0.25) is 0 Å². The number of dihydropyridines is 1. The van der Waals surface area contributed by atoms with Gasteiger partial charge in [0.05, 0.1) is 32.8 Å². The van der Waals surface area contributed by atoms with Gasteiger partial charge >= 0.3 is 5.97 Å². The fourth-order valence-corrected chi connectivity index (χ4v) is 6.16. The Kier molecular flexibility index (Phi) is 9.40. The Morgan fingerprint density at radius 1 is 0.884 bits per heavy atom. The van der Waals surface area contributed by atoms with Gasteiger partial charge in [-0.25, -0.2) is 4.79 Å². The van der Waals surface area contributed by atoms with Crippen molar-refractivity contribution in [2.24, 2.45) is 0 Å². The molecule has 5 rings (SSSR count). The molecule has 0 aromatic heterocycles. The highest BCUT2D eigenvalue weighted by molar-refractivity contribution is 9.10. The lowest BCUT2D eigenvalue weighted by molar-refractivity contribution is -0.140. The molecule has 3 aromatic carbocycles. The SMILES string of the molecule is COc1ccc([C@@H]2CC(=O)C3=C(C2)NC(C)=C(C(=O)OCCOc2ccccc2)[C@@H]3c2cc(Br)ccc2OC)cc1OC. The second-order valence-electron chi connectivity index (χ2n) is 10.3. The Morgan fingerprint density at radius 2 is 1.60 bits per heavy atom. The maximum Gasteiger partial charge on any atom is 0.336 e. The van der Waals surface area contributed by atoms with Gasteiger partial charge in [-0.15, -0.1) is 0 Å². The number of hydrogen-bond donors (Lipinski definition) is 1. The Balaban J connectivity index is 1.47. The highest BCUT2D eigenvalue weighted by atomic mass is 79.9. The zero-order valence-corrected chi connectivity index (χ0v) is 26.2. The summed E-state index contributed by atoms with van der Waals surface area (Å²) >= 11 is 3.56. The largest absolute Gasteiger partial charge is 0.496 e. The summed E-state index contributed by atoms with van der Waals surface area (Å²) in [5.74, 6) is 1.17. The van der Waals surface area contributed by atoms with Gasteiger partial charge in [-0.05, 0) is 67.3 Å². The summed E-state index contributed by atoms with van der Waals surface area (Å²) in [7, 11) is 4.76. The molecule has 0 spiro atoms. The number of halogens is 1. The van der Waals surface area contributed by atoms with Crippen molar-refractivity contribution in [1.29, 1.82) is 0 Å². The summed E-state index contributed by atoms with van der Waals surface area (Å²) in [6.07, 6.45) is 0.850. The molecule has 0 amide bonds. The van der Waals surface area contributed by atoms with Crippen LogP contribution in [-0.2, 0) is 14.3 Å². The van der Waals surface area contributed by atoms with Crippen molar-refractivity contribution in [3.05, 3.63) is 105 Å². The number of hydrogen-bond acceptors (Lipinski definition) is 8. The van der Waals surface area contributed by atoms with Crippen LogP contribution < -0.4 is 24.3 Å². The van der Waals surface area contributed by atoms with Gasteiger partial charge in [0.1, 0.15) is 24.7 Å². The number of carbonyl (C=O) groups is 2. The van der Waals surface area contributed by atoms with Crippen LogP contribution in [0.4, 0.5) is 0 Å². The van der Waals surface area contributed by atoms with Gasteiger partial charge in [-0.1, -0.05) is 40.2 Å². The molecule has 0 unspecified atom stereocenters. The second-order valence-corrected chi connectivity index (χ2v) is 11.2. The van der Waals surface area contributed by atoms with E-state index in [1.165, 1.54) is 0 Å². The van der Waals surface area contributed by atoms with Crippen molar-refractivity contribution >= 4 is 27.7 Å². The number of ketones is 1. The third kappa shape index (κ3) is 6.41. The molecule has 3 aromatic rings. The summed E-state index contributed by atoms with van der Waals surface area (Å²) in [4.78, 5) is 27.7. The van der Waals surface area contributed by atoms with Gasteiger partial charge in [-0.2, -0.15) is 0 Å². The number of rotatable bonds is 10. The first-order valence-corrected chi connectivity index (χ1v) is 14.8. The van der Waals surface area contributed by atoms with Crippen molar-refractivity contribution < 1.29 is 33.3 Å². The van der Waals surface area contributed by atoms with E-state index in [0.29, 0.717) is 51.8 Å². The van der Waals surface area contributed by atoms with Gasteiger partial charge in [0, 0.05) is 33.4 Å². The van der Waals surface area contributed by atoms with Crippen LogP contribution in [-0.4, -0.2) is 46.3 Å². The molecular weight excluding hydrogens is 614 g/mol. The van der Waals surface area contributed by atoms with E-state index >= 15 is 0 Å². The minimum atomic E-state index is -0.676. The molecule has 0 fully saturated rings. The molecule has 2 atom stereocenters. The van der Waals surface area contributed by atoms with Crippen LogP contribution in [0.1, 0.15) is 42.7 Å². The molecule has 1 aliphatic carbocycles. The summed E-state index contributed by atoms with van der Waals surface area (Å²) in [6.45, 7) is 2.08. The smallest absolute Gasteiger partial charge is 0.336 e. The molecule has 1 aliphatic heterocycles. The zero-order chi connectivity index (χ0) is 30.5. The van der Waals surface area contributed by atoms with Gasteiger partial charge < -0.3 is 29.0 Å². The lowest BCUT2D eigenvalue weighted by atomic mass is 9.71. The van der Waals surface area contributed by atoms with Crippen molar-refractivity contribution in [2.75, 3.05) is 34.5 Å². The third-order valence-electron chi connectivity index (χ3n) is 7.76. The van der Waals surface area contributed by atoms with Gasteiger partial charge in [0.15, 0.2) is 17.3 Å². The number of methoxy groups -OCH3 is 3. The number of Topliss-reactive ketones (excluding diaryl/α,β-unsaturated/α-hetero) is 1. The Hall–Kier alpha value is -4.24. The lowest BCUT2D eigenvalue weighted by Gasteiger charge is -2.37. The minimum Gasteiger partial charge on any atom is -0.496 e. The minimum absolute atomic E-state index is 0.0497. The molecule has 0 saturated heterocycles. The van der Waals surface area contributed by atoms with Crippen molar-refractivity contribution in [3.63, 3.8) is 0 Å². The fraction of sp³-hybridized carbons (Fsp3) is 0.294. The molecule has 0 radical (unpaired) electrons. The number of ether oxygens (including phenoxy) is 5. The number of para-hydroxylation sites is 1. The van der Waals surface area contributed by atoms with Crippen LogP contribution in [0.5, 0.6) is 23.0 Å². The third-order valence-corrected chi connectivity index (χ3v) is 8.25. The van der Waals surface area contributed by atoms with Gasteiger partial charge in [0.2, 0.25) is 0 Å². The molecule has 43 heavy (non-hydrogen) atoms. The van der Waals surface area contributed by atoms with Crippen LogP contribution in [0, 0.1) is 0 Å². The first-order valence-electron chi connectivity index (χ1n) is 14.0. The number of benzene rings is 3. The molecule has 1 N–H and O–H groups in total. The molecule has 2 aliphatic rings. The number of esters is 1. The van der Waals surface area contributed by atoms with E-state index < -0.39 is 11.9 Å². The van der Waals surface area contributed by atoms with Gasteiger partial charge in [0.25, 0.3) is 0 Å². The van der Waals surface area contributed by atoms with E-state index in [2.05, 4.69) is 21.2 Å². The highest BCUT2D eigenvalue weighted by Gasteiger charge is 2.42. The van der Waals surface area contributed by atoms with Gasteiger partial charge in [-0.3, -0.25) is 4.79 Å². The average molecular weight is 649 g/mol. The van der Waals surface area contributed by atoms with E-state index in [4.69, 9.17) is 23.7 Å². The van der Waals surface area contributed by atoms with Crippen molar-refractivity contribution in [3.8, 4) is 23.0 Å². The normalized spacial score (nSPS) is 18.0. The fourth-order valence-electron chi connectivity index (χ4n) is 5.78. The van der Waals surface area contributed by atoms with E-state index in [0.717, 1.165) is 15.7 Å². The molecule has 9 heteroatoms. The van der Waals surface area contributed by atoms with E-state index in [9.17, 15) is 9.59 Å². The summed E-state index contributed by atoms with van der Waals surface area (Å²) in [5, 5.41) is 3.40. The molecule has 8 nitrogen and oxygen atoms in total. The Labute approximate surface area is 259 Å². The predicted octanol–water partition coefficient (Wildman–Crippen LogP) is 6.46. The molecule has 0 saturated carbocycles. The van der Waals surface area contributed by atoms with E-state index in [1.54, 1.807) is 21.3 Å². The topological polar surface area (TPSA) is 92.3 Å². The Morgan fingerprint density at radius 3 is 2.33 bits per heavy atom. The zero-order valence-electron chi connectivity index (χ0n) is 24.6. The summed E-state index contributed by atoms with van der Waals surface area (Å²) < 4.78 is 28.9. The first-order chi connectivity index (χ1) is 20.8. The van der Waals surface area contributed by atoms with E-state index in [-0.39, 0.29) is 31.3 Å². The number of nitrogens with one attached hydrogen (secondary N) is 1. The number of carbonyl (C=O) groups excluding carboxylic acids is 2. The predicted molar refractivity (Wildman–Crippen MR) is 166 cm³/mol. The molecular formula is C34H34BrNO7. The van der Waals surface area contributed by atoms with E-state index in [1.807, 2.05) is 73.7 Å². The van der Waals surface area contributed by atoms with Crippen LogP contribution in [0.3, 0.4) is 0 Å². The monoisotopic (exact) mass is 647 g/mol. The van der Waals surface area contributed by atoms with Crippen LogP contribution >= 0.6 is 15.9 Å². The second kappa shape index (κ2) is 13.4. The van der Waals surface area contributed by atoms with Crippen molar-refractivity contribution in [2.45, 2.75) is 31.6 Å². The molecule has 1 heterocycles. The first kappa shape index (κ1) is 30.2. The standard InChI is InChI=1S/C34H34BrNO7/c1-20-31(34(38)43-15-14-42-24-8-6-5-7-9-24)32(25-19-23(35)11-13-28(25)39-2)33-26(36-20)16-22(17-27(33)37)21-10-12-29(40-3)30(18-21)41-4/h5-13,18-19,22,32,36H,14-17H2,1-4H3/t22-,32-/m0/s1. The Bertz CT molecular complexity index is 1580. The van der Waals surface area contributed by atoms with Crippen LogP contribution in [0.25, 0.3) is 0 Å². The van der Waals surface area contributed by atoms with Crippen LogP contribution in [0.15, 0.2) is 93.7 Å². The molecule has 0 bridgehead atoms. The van der Waals surface area contributed by atoms with Crippen molar-refractivity contribution in [1.82, 2.24) is 5.32 Å². The summed E-state index contributed by atoms with van der Waals surface area (Å²) in [6, 6.07) is 20.7. The average Bonchev–Trinajstić information content (AvgIpc) is 3.02. The maximum atomic E-state index is 14.0. The lowest BCUT2D eigenvalue weighted by Crippen LogP contribution is -2.36. The quantitative estimate of drug-likeness (QED) is 0.198. The summed E-state index contributed by atoms with van der Waals surface area (Å²) in [5.41, 5.74) is 4.00. The molecule has 224 valence electrons. The number of allylic oxidation sites excluding steroid dienone is 3.